The monoisotopic (exact) mass is 549 g/mol. The Bertz CT molecular complexity index is 1630. The lowest BCUT2D eigenvalue weighted by Crippen LogP contribution is -2.40. The summed E-state index contributed by atoms with van der Waals surface area (Å²) in [4.78, 5) is 26.8. The average Bonchev–Trinajstić information content (AvgIpc) is 3.54. The van der Waals surface area contributed by atoms with Crippen LogP contribution in [0.3, 0.4) is 0 Å². The van der Waals surface area contributed by atoms with Gasteiger partial charge in [0.1, 0.15) is 0 Å². The van der Waals surface area contributed by atoms with Crippen molar-refractivity contribution < 1.29 is 17.9 Å². The molecule has 12 heteroatoms. The first-order valence-corrected chi connectivity index (χ1v) is 14.8. The van der Waals surface area contributed by atoms with E-state index in [-0.39, 0.29) is 23.2 Å². The Labute approximate surface area is 226 Å². The summed E-state index contributed by atoms with van der Waals surface area (Å²) in [7, 11) is -3.45. The van der Waals surface area contributed by atoms with Crippen LogP contribution in [0.25, 0.3) is 22.3 Å². The van der Waals surface area contributed by atoms with E-state index in [9.17, 15) is 13.2 Å². The van der Waals surface area contributed by atoms with Gasteiger partial charge in [0.15, 0.2) is 5.82 Å². The third kappa shape index (κ3) is 5.18. The standard InChI is InChI=1S/C27H31N7O4S/c1-17(2)33-15-24(27(35)32-20-4-3-9-38-16-20)23-13-29-21(11-25(23)33)10-19-7-8-28-26(31-19)18-12-30-34(14-18)39(36,37)22-5-6-22/h7-8,11-15,17,20,22H,3-6,9-10,16H2,1-2H3,(H,32,35). The highest BCUT2D eigenvalue weighted by Crippen LogP contribution is 2.30. The van der Waals surface area contributed by atoms with Crippen LogP contribution in [-0.4, -0.2) is 67.5 Å². The molecule has 1 aliphatic carbocycles. The summed E-state index contributed by atoms with van der Waals surface area (Å²) in [6.07, 6.45) is 11.9. The Morgan fingerprint density at radius 1 is 1.15 bits per heavy atom. The number of aromatic nitrogens is 6. The fourth-order valence-corrected chi connectivity index (χ4v) is 6.38. The lowest BCUT2D eigenvalue weighted by molar-refractivity contribution is 0.0625. The zero-order valence-corrected chi connectivity index (χ0v) is 22.8. The van der Waals surface area contributed by atoms with Gasteiger partial charge in [-0.15, -0.1) is 0 Å². The molecule has 1 atom stereocenters. The molecule has 5 heterocycles. The molecule has 11 nitrogen and oxygen atoms in total. The molecule has 0 aromatic carbocycles. The van der Waals surface area contributed by atoms with Crippen LogP contribution in [0.4, 0.5) is 0 Å². The molecule has 204 valence electrons. The molecule has 4 aromatic rings. The molecule has 2 aliphatic rings. The molecule has 6 rings (SSSR count). The quantitative estimate of drug-likeness (QED) is 0.354. The first-order chi connectivity index (χ1) is 18.8. The molecule has 1 saturated carbocycles. The number of ether oxygens (including phenoxy) is 1. The predicted octanol–water partition coefficient (Wildman–Crippen LogP) is 3.11. The summed E-state index contributed by atoms with van der Waals surface area (Å²) in [6.45, 7) is 5.44. The van der Waals surface area contributed by atoms with Crippen LogP contribution in [0.2, 0.25) is 0 Å². The number of carbonyl (C=O) groups is 1. The van der Waals surface area contributed by atoms with Crippen molar-refractivity contribution in [3.63, 3.8) is 0 Å². The van der Waals surface area contributed by atoms with Gasteiger partial charge in [0.2, 0.25) is 0 Å². The van der Waals surface area contributed by atoms with E-state index in [2.05, 4.69) is 43.8 Å². The van der Waals surface area contributed by atoms with Crippen LogP contribution >= 0.6 is 0 Å². The van der Waals surface area contributed by atoms with Crippen molar-refractivity contribution in [2.24, 2.45) is 0 Å². The lowest BCUT2D eigenvalue weighted by Gasteiger charge is -2.22. The second-order valence-corrected chi connectivity index (χ2v) is 12.6. The molecule has 4 aromatic heterocycles. The van der Waals surface area contributed by atoms with Gasteiger partial charge in [0.25, 0.3) is 15.9 Å². The highest BCUT2D eigenvalue weighted by molar-refractivity contribution is 7.90. The molecular weight excluding hydrogens is 518 g/mol. The van der Waals surface area contributed by atoms with E-state index in [1.54, 1.807) is 12.4 Å². The molecule has 2 fully saturated rings. The van der Waals surface area contributed by atoms with E-state index in [0.717, 1.165) is 45.8 Å². The van der Waals surface area contributed by atoms with Crippen LogP contribution in [0.5, 0.6) is 0 Å². The zero-order valence-electron chi connectivity index (χ0n) is 21.9. The van der Waals surface area contributed by atoms with Gasteiger partial charge in [-0.2, -0.15) is 9.19 Å². The van der Waals surface area contributed by atoms with Crippen molar-refractivity contribution in [3.8, 4) is 11.4 Å². The minimum atomic E-state index is -3.45. The fraction of sp³-hybridized carbons (Fsp3) is 0.444. The van der Waals surface area contributed by atoms with Gasteiger partial charge in [-0.3, -0.25) is 9.78 Å². The Morgan fingerprint density at radius 2 is 2.00 bits per heavy atom. The minimum Gasteiger partial charge on any atom is -0.379 e. The Balaban J connectivity index is 1.25. The van der Waals surface area contributed by atoms with Crippen molar-refractivity contribution >= 4 is 26.8 Å². The Hall–Kier alpha value is -3.64. The molecule has 1 unspecified atom stereocenters. The average molecular weight is 550 g/mol. The largest absolute Gasteiger partial charge is 0.379 e. The molecule has 1 saturated heterocycles. The molecule has 0 bridgehead atoms. The van der Waals surface area contributed by atoms with E-state index in [4.69, 9.17) is 4.74 Å². The minimum absolute atomic E-state index is 0.0174. The number of carbonyl (C=O) groups excluding carboxylic acids is 1. The van der Waals surface area contributed by atoms with Gasteiger partial charge in [-0.05, 0) is 51.7 Å². The van der Waals surface area contributed by atoms with Crippen LogP contribution in [0, 0.1) is 0 Å². The first-order valence-electron chi connectivity index (χ1n) is 13.3. The summed E-state index contributed by atoms with van der Waals surface area (Å²) >= 11 is 0. The van der Waals surface area contributed by atoms with Crippen LogP contribution in [0.1, 0.15) is 67.3 Å². The number of rotatable bonds is 8. The number of nitrogens with one attached hydrogen (secondary N) is 1. The van der Waals surface area contributed by atoms with Gasteiger partial charge >= 0.3 is 0 Å². The predicted molar refractivity (Wildman–Crippen MR) is 145 cm³/mol. The summed E-state index contributed by atoms with van der Waals surface area (Å²) < 4.78 is 33.6. The number of hydrogen-bond acceptors (Lipinski definition) is 8. The molecule has 1 N–H and O–H groups in total. The fourth-order valence-electron chi connectivity index (χ4n) is 4.91. The maximum atomic E-state index is 13.1. The van der Waals surface area contributed by atoms with Gasteiger partial charge in [0, 0.05) is 48.7 Å². The smallest absolute Gasteiger partial charge is 0.256 e. The molecule has 1 aliphatic heterocycles. The maximum absolute atomic E-state index is 13.1. The number of pyridine rings is 1. The Kier molecular flexibility index (Phi) is 6.67. The third-order valence-corrected chi connectivity index (χ3v) is 9.21. The topological polar surface area (TPSA) is 134 Å². The van der Waals surface area contributed by atoms with Crippen molar-refractivity contribution in [2.75, 3.05) is 13.2 Å². The van der Waals surface area contributed by atoms with E-state index < -0.39 is 10.0 Å². The van der Waals surface area contributed by atoms with E-state index in [1.807, 2.05) is 18.3 Å². The van der Waals surface area contributed by atoms with Crippen molar-refractivity contribution in [3.05, 3.63) is 60.1 Å². The van der Waals surface area contributed by atoms with Crippen molar-refractivity contribution in [1.82, 2.24) is 34.0 Å². The van der Waals surface area contributed by atoms with E-state index in [1.165, 1.54) is 12.4 Å². The SMILES string of the molecule is CC(C)n1cc(C(=O)NC2CCCOC2)c2cnc(Cc3ccnc(-c4cnn(S(=O)(=O)C5CC5)c4)n3)cc21. The summed E-state index contributed by atoms with van der Waals surface area (Å²) in [6, 6.07) is 3.98. The van der Waals surface area contributed by atoms with Crippen LogP contribution < -0.4 is 5.32 Å². The second-order valence-electron chi connectivity index (χ2n) is 10.5. The molecule has 1 amide bonds. The van der Waals surface area contributed by atoms with E-state index >= 15 is 0 Å². The van der Waals surface area contributed by atoms with E-state index in [0.29, 0.717) is 42.8 Å². The van der Waals surface area contributed by atoms with Gasteiger partial charge < -0.3 is 14.6 Å². The zero-order chi connectivity index (χ0) is 27.1. The normalized spacial score (nSPS) is 18.1. The third-order valence-electron chi connectivity index (χ3n) is 7.17. The first kappa shape index (κ1) is 25.6. The van der Waals surface area contributed by atoms with Crippen molar-refractivity contribution in [2.45, 2.75) is 63.3 Å². The highest BCUT2D eigenvalue weighted by atomic mass is 32.2. The molecule has 0 spiro atoms. The summed E-state index contributed by atoms with van der Waals surface area (Å²) in [5, 5.41) is 7.61. The van der Waals surface area contributed by atoms with Gasteiger partial charge in [-0.1, -0.05) is 0 Å². The molecule has 0 radical (unpaired) electrons. The maximum Gasteiger partial charge on any atom is 0.256 e. The van der Waals surface area contributed by atoms with Crippen molar-refractivity contribution in [1.29, 1.82) is 0 Å². The molecular formula is C27H31N7O4S. The Morgan fingerprint density at radius 3 is 2.74 bits per heavy atom. The number of nitrogens with zero attached hydrogens (tertiary/aromatic N) is 6. The lowest BCUT2D eigenvalue weighted by atomic mass is 10.1. The number of hydrogen-bond donors (Lipinski definition) is 1. The van der Waals surface area contributed by atoms with Crippen LogP contribution in [-0.2, 0) is 21.2 Å². The second kappa shape index (κ2) is 10.2. The summed E-state index contributed by atoms with van der Waals surface area (Å²) in [5.41, 5.74) is 3.61. The van der Waals surface area contributed by atoms with Crippen LogP contribution in [0.15, 0.2) is 43.1 Å². The highest BCUT2D eigenvalue weighted by Gasteiger charge is 2.37. The van der Waals surface area contributed by atoms with Gasteiger partial charge in [0.05, 0.1) is 52.6 Å². The number of amides is 1. The molecule has 39 heavy (non-hydrogen) atoms. The van der Waals surface area contributed by atoms with Gasteiger partial charge in [-0.25, -0.2) is 18.4 Å². The number of fused-ring (bicyclic) bond motifs is 1. The summed E-state index contributed by atoms with van der Waals surface area (Å²) in [5.74, 6) is 0.288.